The van der Waals surface area contributed by atoms with Crippen molar-refractivity contribution in [3.8, 4) is 0 Å². The van der Waals surface area contributed by atoms with Crippen LogP contribution in [0.15, 0.2) is 12.2 Å². The molecule has 0 fully saturated rings. The van der Waals surface area contributed by atoms with E-state index in [1.54, 1.807) is 0 Å². The molecule has 0 aromatic rings. The highest BCUT2D eigenvalue weighted by atomic mass is 16.4. The molecule has 0 rings (SSSR count). The number of carboxylic acids is 1. The predicted molar refractivity (Wildman–Crippen MR) is 51.5 cm³/mol. The van der Waals surface area contributed by atoms with Crippen molar-refractivity contribution in [3.63, 3.8) is 0 Å². The van der Waals surface area contributed by atoms with E-state index in [1.165, 1.54) is 0 Å². The van der Waals surface area contributed by atoms with Gasteiger partial charge in [0.25, 0.3) is 0 Å². The summed E-state index contributed by atoms with van der Waals surface area (Å²) >= 11 is 0. The van der Waals surface area contributed by atoms with Gasteiger partial charge < -0.3 is 10.2 Å². The molecule has 13 heavy (non-hydrogen) atoms. The normalized spacial score (nSPS) is 13.4. The smallest absolute Gasteiger partial charge is 0.303 e. The van der Waals surface area contributed by atoms with Crippen LogP contribution >= 0.6 is 0 Å². The first-order chi connectivity index (χ1) is 6.16. The van der Waals surface area contributed by atoms with Crippen LogP contribution in [0.1, 0.15) is 39.0 Å². The van der Waals surface area contributed by atoms with E-state index < -0.39 is 5.97 Å². The number of carbonyl (C=O) groups is 1. The van der Waals surface area contributed by atoms with E-state index >= 15 is 0 Å². The number of rotatable bonds is 7. The van der Waals surface area contributed by atoms with Gasteiger partial charge in [-0.05, 0) is 25.7 Å². The maximum Gasteiger partial charge on any atom is 0.303 e. The highest BCUT2D eigenvalue weighted by molar-refractivity contribution is 5.66. The Morgan fingerprint density at radius 3 is 2.69 bits per heavy atom. The van der Waals surface area contributed by atoms with Crippen molar-refractivity contribution in [2.24, 2.45) is 0 Å². The molecule has 0 radical (unpaired) electrons. The van der Waals surface area contributed by atoms with Gasteiger partial charge in [-0.1, -0.05) is 19.1 Å². The number of carboxylic acid groups (broad SMARTS) is 1. The largest absolute Gasteiger partial charge is 0.481 e. The minimum absolute atomic E-state index is 0.147. The van der Waals surface area contributed by atoms with Crippen LogP contribution in [-0.4, -0.2) is 22.3 Å². The maximum atomic E-state index is 10.1. The minimum Gasteiger partial charge on any atom is -0.481 e. The van der Waals surface area contributed by atoms with Gasteiger partial charge in [0, 0.05) is 6.42 Å². The van der Waals surface area contributed by atoms with Gasteiger partial charge in [-0.3, -0.25) is 4.79 Å². The molecule has 0 saturated carbocycles. The number of aliphatic hydroxyl groups is 1. The molecule has 0 aromatic heterocycles. The van der Waals surface area contributed by atoms with Crippen LogP contribution in [-0.2, 0) is 4.79 Å². The molecule has 0 amide bonds. The lowest BCUT2D eigenvalue weighted by molar-refractivity contribution is -0.137. The monoisotopic (exact) mass is 186 g/mol. The quantitative estimate of drug-likeness (QED) is 0.597. The zero-order valence-corrected chi connectivity index (χ0v) is 8.07. The Balaban J connectivity index is 3.34. The average molecular weight is 186 g/mol. The van der Waals surface area contributed by atoms with Crippen molar-refractivity contribution in [3.05, 3.63) is 12.2 Å². The molecule has 0 saturated heterocycles. The molecule has 1 unspecified atom stereocenters. The molecule has 0 spiro atoms. The lowest BCUT2D eigenvalue weighted by Gasteiger charge is -2.05. The number of aliphatic hydroxyl groups excluding tert-OH is 1. The molecule has 0 aliphatic heterocycles. The maximum absolute atomic E-state index is 10.1. The third kappa shape index (κ3) is 9.08. The Bertz CT molecular complexity index is 164. The van der Waals surface area contributed by atoms with Crippen LogP contribution in [0.25, 0.3) is 0 Å². The Hall–Kier alpha value is -0.830. The Morgan fingerprint density at radius 2 is 2.15 bits per heavy atom. The van der Waals surface area contributed by atoms with Gasteiger partial charge >= 0.3 is 5.97 Å². The van der Waals surface area contributed by atoms with Crippen molar-refractivity contribution < 1.29 is 15.0 Å². The zero-order valence-electron chi connectivity index (χ0n) is 8.07. The summed E-state index contributed by atoms with van der Waals surface area (Å²) in [5, 5.41) is 17.7. The highest BCUT2D eigenvalue weighted by Crippen LogP contribution is 2.05. The molecule has 0 bridgehead atoms. The summed E-state index contributed by atoms with van der Waals surface area (Å²) in [4.78, 5) is 10.1. The zero-order chi connectivity index (χ0) is 10.1. The van der Waals surface area contributed by atoms with Crippen molar-refractivity contribution in [1.29, 1.82) is 0 Å². The third-order valence-electron chi connectivity index (χ3n) is 1.74. The molecule has 0 heterocycles. The van der Waals surface area contributed by atoms with Gasteiger partial charge in [0.1, 0.15) is 0 Å². The molecule has 1 atom stereocenters. The number of allylic oxidation sites excluding steroid dienone is 1. The summed E-state index contributed by atoms with van der Waals surface area (Å²) < 4.78 is 0. The van der Waals surface area contributed by atoms with Gasteiger partial charge in [0.05, 0.1) is 6.10 Å². The molecule has 2 N–H and O–H groups in total. The molecule has 3 heteroatoms. The molecule has 3 nitrogen and oxygen atoms in total. The van der Waals surface area contributed by atoms with E-state index in [-0.39, 0.29) is 12.5 Å². The Morgan fingerprint density at radius 1 is 1.46 bits per heavy atom. The topological polar surface area (TPSA) is 57.5 Å². The molecule has 76 valence electrons. The van der Waals surface area contributed by atoms with Gasteiger partial charge in [0.15, 0.2) is 0 Å². The third-order valence-corrected chi connectivity index (χ3v) is 1.74. The number of aliphatic carboxylic acids is 1. The second kappa shape index (κ2) is 7.80. The average Bonchev–Trinajstić information content (AvgIpc) is 2.04. The van der Waals surface area contributed by atoms with Crippen LogP contribution in [0.2, 0.25) is 0 Å². The van der Waals surface area contributed by atoms with E-state index in [2.05, 4.69) is 0 Å². The molecular formula is C10H18O3. The number of hydrogen-bond acceptors (Lipinski definition) is 2. The predicted octanol–water partition coefficient (Wildman–Crippen LogP) is 1.96. The van der Waals surface area contributed by atoms with Gasteiger partial charge in [0.2, 0.25) is 0 Å². The van der Waals surface area contributed by atoms with E-state index in [4.69, 9.17) is 5.11 Å². The van der Waals surface area contributed by atoms with Crippen molar-refractivity contribution in [2.45, 2.75) is 45.1 Å². The van der Waals surface area contributed by atoms with Crippen LogP contribution in [0.5, 0.6) is 0 Å². The minimum atomic E-state index is -0.795. The fourth-order valence-electron chi connectivity index (χ4n) is 1.03. The fourth-order valence-corrected chi connectivity index (χ4v) is 1.03. The molecule has 0 aliphatic rings. The van der Waals surface area contributed by atoms with E-state index in [9.17, 15) is 9.90 Å². The number of hydrogen-bond donors (Lipinski definition) is 2. The van der Waals surface area contributed by atoms with Crippen LogP contribution in [0.3, 0.4) is 0 Å². The van der Waals surface area contributed by atoms with Gasteiger partial charge in [-0.15, -0.1) is 0 Å². The summed E-state index contributed by atoms with van der Waals surface area (Å²) in [6.07, 6.45) is 6.43. The highest BCUT2D eigenvalue weighted by Gasteiger charge is 2.03. The van der Waals surface area contributed by atoms with Gasteiger partial charge in [-0.2, -0.15) is 0 Å². The molecule has 0 aromatic carbocycles. The first-order valence-corrected chi connectivity index (χ1v) is 4.71. The fraction of sp³-hybridized carbons (Fsp3) is 0.700. The van der Waals surface area contributed by atoms with Gasteiger partial charge in [-0.25, -0.2) is 0 Å². The SMILES string of the molecule is CC/C=C\CC(O)CCCC(=O)O. The second-order valence-electron chi connectivity index (χ2n) is 3.06. The van der Waals surface area contributed by atoms with E-state index in [0.717, 1.165) is 6.42 Å². The lowest BCUT2D eigenvalue weighted by atomic mass is 10.1. The van der Waals surface area contributed by atoms with Crippen LogP contribution in [0, 0.1) is 0 Å². The molecular weight excluding hydrogens is 168 g/mol. The Kier molecular flexibility index (Phi) is 7.30. The first-order valence-electron chi connectivity index (χ1n) is 4.71. The second-order valence-corrected chi connectivity index (χ2v) is 3.06. The summed E-state index contributed by atoms with van der Waals surface area (Å²) in [5.74, 6) is -0.795. The van der Waals surface area contributed by atoms with Crippen molar-refractivity contribution in [2.75, 3.05) is 0 Å². The lowest BCUT2D eigenvalue weighted by Crippen LogP contribution is -2.06. The van der Waals surface area contributed by atoms with Crippen LogP contribution in [0.4, 0.5) is 0 Å². The standard InChI is InChI=1S/C10H18O3/c1-2-3-4-6-9(11)7-5-8-10(12)13/h3-4,9,11H,2,5-8H2,1H3,(H,12,13)/b4-3-. The summed E-state index contributed by atoms with van der Waals surface area (Å²) in [7, 11) is 0. The summed E-state index contributed by atoms with van der Waals surface area (Å²) in [6, 6.07) is 0. The summed E-state index contributed by atoms with van der Waals surface area (Å²) in [5.41, 5.74) is 0. The molecule has 0 aliphatic carbocycles. The van der Waals surface area contributed by atoms with Crippen molar-refractivity contribution in [1.82, 2.24) is 0 Å². The van der Waals surface area contributed by atoms with Crippen molar-refractivity contribution >= 4 is 5.97 Å². The summed E-state index contributed by atoms with van der Waals surface area (Å²) in [6.45, 7) is 2.04. The van der Waals surface area contributed by atoms with E-state index in [1.807, 2.05) is 19.1 Å². The van der Waals surface area contributed by atoms with E-state index in [0.29, 0.717) is 19.3 Å². The van der Waals surface area contributed by atoms with Crippen LogP contribution < -0.4 is 0 Å². The Labute approximate surface area is 79.1 Å². The first kappa shape index (κ1) is 12.2.